The van der Waals surface area contributed by atoms with Gasteiger partial charge in [-0.3, -0.25) is 9.69 Å². The maximum atomic E-state index is 12.8. The lowest BCUT2D eigenvalue weighted by Gasteiger charge is -2.35. The highest BCUT2D eigenvalue weighted by atomic mass is 16.5. The van der Waals surface area contributed by atoms with Crippen molar-refractivity contribution in [3.63, 3.8) is 0 Å². The van der Waals surface area contributed by atoms with Gasteiger partial charge in [0.25, 0.3) is 0 Å². The molecular formula is C21H33N3O5. The van der Waals surface area contributed by atoms with E-state index in [4.69, 9.17) is 14.2 Å². The van der Waals surface area contributed by atoms with Crippen molar-refractivity contribution < 1.29 is 23.8 Å². The van der Waals surface area contributed by atoms with Crippen molar-refractivity contribution in [1.29, 1.82) is 0 Å². The van der Waals surface area contributed by atoms with Crippen LogP contribution in [0.4, 0.5) is 4.79 Å². The molecule has 8 nitrogen and oxygen atoms in total. The van der Waals surface area contributed by atoms with Crippen LogP contribution in [0.15, 0.2) is 24.3 Å². The highest BCUT2D eigenvalue weighted by Crippen LogP contribution is 2.23. The molecular weight excluding hydrogens is 374 g/mol. The van der Waals surface area contributed by atoms with Crippen molar-refractivity contribution in [2.75, 3.05) is 46.6 Å². The number of hydrogen-bond donors (Lipinski definition) is 2. The van der Waals surface area contributed by atoms with E-state index in [-0.39, 0.29) is 24.5 Å². The Labute approximate surface area is 172 Å². The van der Waals surface area contributed by atoms with Crippen LogP contribution < -0.4 is 15.4 Å². The van der Waals surface area contributed by atoms with Gasteiger partial charge in [-0.15, -0.1) is 0 Å². The van der Waals surface area contributed by atoms with E-state index in [0.29, 0.717) is 19.8 Å². The van der Waals surface area contributed by atoms with Crippen molar-refractivity contribution in [1.82, 2.24) is 15.5 Å². The molecule has 0 aromatic heterocycles. The third kappa shape index (κ3) is 6.90. The molecule has 1 heterocycles. The number of hydrogen-bond acceptors (Lipinski definition) is 6. The van der Waals surface area contributed by atoms with Crippen LogP contribution in [0.1, 0.15) is 32.4 Å². The summed E-state index contributed by atoms with van der Waals surface area (Å²) >= 11 is 0. The Morgan fingerprint density at radius 2 is 1.83 bits per heavy atom. The maximum Gasteiger partial charge on any atom is 0.407 e. The first kappa shape index (κ1) is 23.0. The van der Waals surface area contributed by atoms with Gasteiger partial charge >= 0.3 is 6.09 Å². The lowest BCUT2D eigenvalue weighted by molar-refractivity contribution is -0.124. The van der Waals surface area contributed by atoms with Gasteiger partial charge < -0.3 is 24.8 Å². The molecule has 1 aliphatic heterocycles. The molecule has 1 saturated heterocycles. The number of nitrogens with one attached hydrogen (secondary N) is 2. The fourth-order valence-corrected chi connectivity index (χ4v) is 3.31. The largest absolute Gasteiger partial charge is 0.497 e. The molecule has 0 saturated carbocycles. The molecule has 1 aliphatic rings. The molecule has 0 radical (unpaired) electrons. The summed E-state index contributed by atoms with van der Waals surface area (Å²) in [6.45, 7) is 9.11. The second-order valence-electron chi connectivity index (χ2n) is 7.27. The zero-order valence-electron chi connectivity index (χ0n) is 17.8. The summed E-state index contributed by atoms with van der Waals surface area (Å²) in [5.41, 5.74) is 1.09. The number of morpholine rings is 1. The Hall–Kier alpha value is -2.32. The van der Waals surface area contributed by atoms with Gasteiger partial charge in [0.1, 0.15) is 11.8 Å². The van der Waals surface area contributed by atoms with E-state index in [1.54, 1.807) is 14.0 Å². The van der Waals surface area contributed by atoms with Crippen LogP contribution in [0.5, 0.6) is 5.75 Å². The topological polar surface area (TPSA) is 89.1 Å². The number of amides is 2. The minimum Gasteiger partial charge on any atom is -0.497 e. The molecule has 162 valence electrons. The van der Waals surface area contributed by atoms with E-state index < -0.39 is 12.1 Å². The summed E-state index contributed by atoms with van der Waals surface area (Å²) in [6.07, 6.45) is -0.582. The number of ether oxygens (including phenoxy) is 3. The number of carbonyl (C=O) groups excluding carboxylic acids is 2. The second kappa shape index (κ2) is 11.6. The fourth-order valence-electron chi connectivity index (χ4n) is 3.31. The minimum absolute atomic E-state index is 0.00385. The Bertz CT molecular complexity index is 644. The number of alkyl carbamates (subject to hydrolysis) is 1. The van der Waals surface area contributed by atoms with Crippen molar-refractivity contribution in [3.05, 3.63) is 29.8 Å². The molecule has 2 atom stereocenters. The standard InChI is InChI=1S/C21H33N3O5/c1-5-29-21(26)23-19(15(2)3)20(25)22-14-18(24-10-12-28-13-11-24)16-6-8-17(27-4)9-7-16/h6-9,15,18-19H,5,10-14H2,1-4H3,(H,22,25)(H,23,26). The van der Waals surface area contributed by atoms with E-state index >= 15 is 0 Å². The highest BCUT2D eigenvalue weighted by molar-refractivity contribution is 5.85. The van der Waals surface area contributed by atoms with E-state index in [9.17, 15) is 9.59 Å². The van der Waals surface area contributed by atoms with Crippen molar-refractivity contribution in [2.45, 2.75) is 32.9 Å². The van der Waals surface area contributed by atoms with Crippen LogP contribution in [0.3, 0.4) is 0 Å². The van der Waals surface area contributed by atoms with Crippen LogP contribution in [0.2, 0.25) is 0 Å². The van der Waals surface area contributed by atoms with Gasteiger partial charge in [0, 0.05) is 19.6 Å². The maximum absolute atomic E-state index is 12.8. The summed E-state index contributed by atoms with van der Waals surface area (Å²) in [5.74, 6) is 0.499. The third-order valence-corrected chi connectivity index (χ3v) is 4.95. The zero-order valence-corrected chi connectivity index (χ0v) is 17.8. The number of rotatable bonds is 9. The molecule has 2 N–H and O–H groups in total. The molecule has 0 spiro atoms. The van der Waals surface area contributed by atoms with Gasteiger partial charge in [-0.1, -0.05) is 26.0 Å². The zero-order chi connectivity index (χ0) is 21.2. The van der Waals surface area contributed by atoms with Crippen LogP contribution in [0, 0.1) is 5.92 Å². The minimum atomic E-state index is -0.657. The van der Waals surface area contributed by atoms with Gasteiger partial charge in [-0.05, 0) is 30.5 Å². The molecule has 0 bridgehead atoms. The molecule has 2 unspecified atom stereocenters. The average molecular weight is 408 g/mol. The predicted molar refractivity (Wildman–Crippen MR) is 110 cm³/mol. The monoisotopic (exact) mass is 407 g/mol. The van der Waals surface area contributed by atoms with Gasteiger partial charge in [-0.2, -0.15) is 0 Å². The molecule has 2 amide bonds. The van der Waals surface area contributed by atoms with Crippen molar-refractivity contribution >= 4 is 12.0 Å². The van der Waals surface area contributed by atoms with Crippen LogP contribution in [-0.2, 0) is 14.3 Å². The Morgan fingerprint density at radius 3 is 2.38 bits per heavy atom. The van der Waals surface area contributed by atoms with E-state index in [1.165, 1.54) is 0 Å². The number of methoxy groups -OCH3 is 1. The quantitative estimate of drug-likeness (QED) is 0.651. The fraction of sp³-hybridized carbons (Fsp3) is 0.619. The molecule has 1 fully saturated rings. The smallest absolute Gasteiger partial charge is 0.407 e. The summed E-state index contributed by atoms with van der Waals surface area (Å²) in [5, 5.41) is 5.67. The summed E-state index contributed by atoms with van der Waals surface area (Å²) in [6, 6.07) is 7.22. The summed E-state index contributed by atoms with van der Waals surface area (Å²) in [7, 11) is 1.64. The van der Waals surface area contributed by atoms with E-state index in [1.807, 2.05) is 38.1 Å². The first-order valence-corrected chi connectivity index (χ1v) is 10.1. The first-order valence-electron chi connectivity index (χ1n) is 10.1. The molecule has 2 rings (SSSR count). The Morgan fingerprint density at radius 1 is 1.17 bits per heavy atom. The Kier molecular flexibility index (Phi) is 9.21. The van der Waals surface area contributed by atoms with Crippen LogP contribution in [-0.4, -0.2) is 69.5 Å². The van der Waals surface area contributed by atoms with Crippen molar-refractivity contribution in [2.24, 2.45) is 5.92 Å². The number of nitrogens with zero attached hydrogens (tertiary/aromatic N) is 1. The van der Waals surface area contributed by atoms with Gasteiger partial charge in [-0.25, -0.2) is 4.79 Å². The first-order chi connectivity index (χ1) is 14.0. The highest BCUT2D eigenvalue weighted by Gasteiger charge is 2.28. The SMILES string of the molecule is CCOC(=O)NC(C(=O)NCC(c1ccc(OC)cc1)N1CCOCC1)C(C)C. The van der Waals surface area contributed by atoms with Crippen LogP contribution in [0.25, 0.3) is 0 Å². The van der Waals surface area contributed by atoms with E-state index in [0.717, 1.165) is 24.4 Å². The molecule has 1 aromatic carbocycles. The summed E-state index contributed by atoms with van der Waals surface area (Å²) in [4.78, 5) is 26.9. The second-order valence-corrected chi connectivity index (χ2v) is 7.27. The van der Waals surface area contributed by atoms with Crippen molar-refractivity contribution in [3.8, 4) is 5.75 Å². The number of carbonyl (C=O) groups is 2. The summed E-state index contributed by atoms with van der Waals surface area (Å²) < 4.78 is 15.6. The molecule has 29 heavy (non-hydrogen) atoms. The average Bonchev–Trinajstić information content (AvgIpc) is 2.73. The molecule has 0 aliphatic carbocycles. The third-order valence-electron chi connectivity index (χ3n) is 4.95. The van der Waals surface area contributed by atoms with Gasteiger partial charge in [0.2, 0.25) is 5.91 Å². The number of benzene rings is 1. The molecule has 8 heteroatoms. The Balaban J connectivity index is 2.08. The van der Waals surface area contributed by atoms with E-state index in [2.05, 4.69) is 15.5 Å². The lowest BCUT2D eigenvalue weighted by atomic mass is 10.0. The van der Waals surface area contributed by atoms with Crippen LogP contribution >= 0.6 is 0 Å². The lowest BCUT2D eigenvalue weighted by Crippen LogP contribution is -2.52. The van der Waals surface area contributed by atoms with Gasteiger partial charge in [0.05, 0.1) is 33.0 Å². The molecule has 1 aromatic rings. The normalized spacial score (nSPS) is 16.7. The predicted octanol–water partition coefficient (Wildman–Crippen LogP) is 1.96. The van der Waals surface area contributed by atoms with Gasteiger partial charge in [0.15, 0.2) is 0 Å².